The predicted octanol–water partition coefficient (Wildman–Crippen LogP) is 2.72. The maximum absolute atomic E-state index is 11.9. The smallest absolute Gasteiger partial charge is 0.230 e. The van der Waals surface area contributed by atoms with Gasteiger partial charge in [-0.05, 0) is 43.2 Å². The van der Waals surface area contributed by atoms with Crippen molar-refractivity contribution in [2.45, 2.75) is 24.0 Å². The third-order valence-corrected chi connectivity index (χ3v) is 5.39. The summed E-state index contributed by atoms with van der Waals surface area (Å²) in [5.74, 6) is 0.305. The second-order valence-corrected chi connectivity index (χ2v) is 7.48. The van der Waals surface area contributed by atoms with Gasteiger partial charge >= 0.3 is 0 Å². The highest BCUT2D eigenvalue weighted by atomic mass is 32.2. The van der Waals surface area contributed by atoms with Crippen molar-refractivity contribution >= 4 is 17.7 Å². The molecule has 0 spiro atoms. The molecule has 1 saturated heterocycles. The Balaban J connectivity index is 1.29. The van der Waals surface area contributed by atoms with Crippen LogP contribution in [0.25, 0.3) is 16.9 Å². The van der Waals surface area contributed by atoms with E-state index in [4.69, 9.17) is 4.74 Å². The van der Waals surface area contributed by atoms with Crippen LogP contribution >= 0.6 is 11.8 Å². The minimum Gasteiger partial charge on any atom is -0.376 e. The number of nitrogens with zero attached hydrogens (tertiary/aromatic N) is 4. The molecule has 7 nitrogen and oxygen atoms in total. The molecule has 1 N–H and O–H groups in total. The molecule has 0 aliphatic carbocycles. The van der Waals surface area contributed by atoms with E-state index in [1.807, 2.05) is 48.7 Å². The van der Waals surface area contributed by atoms with Gasteiger partial charge in [-0.25, -0.2) is 4.68 Å². The summed E-state index contributed by atoms with van der Waals surface area (Å²) >= 11 is 1.38. The average molecular weight is 395 g/mol. The van der Waals surface area contributed by atoms with Gasteiger partial charge in [0.1, 0.15) is 5.03 Å². The van der Waals surface area contributed by atoms with Crippen LogP contribution in [0.2, 0.25) is 0 Å². The molecule has 28 heavy (non-hydrogen) atoms. The summed E-state index contributed by atoms with van der Waals surface area (Å²) in [6.07, 6.45) is 5.90. The van der Waals surface area contributed by atoms with E-state index in [-0.39, 0.29) is 12.0 Å². The summed E-state index contributed by atoms with van der Waals surface area (Å²) < 4.78 is 7.31. The Bertz CT molecular complexity index is 891. The Morgan fingerprint density at radius 2 is 2.11 bits per heavy atom. The maximum Gasteiger partial charge on any atom is 0.230 e. The van der Waals surface area contributed by atoms with Gasteiger partial charge < -0.3 is 10.1 Å². The minimum atomic E-state index is -0.0133. The molecule has 1 aromatic carbocycles. The fourth-order valence-electron chi connectivity index (χ4n) is 2.98. The van der Waals surface area contributed by atoms with Crippen molar-refractivity contribution in [2.75, 3.05) is 18.9 Å². The van der Waals surface area contributed by atoms with Gasteiger partial charge in [0.2, 0.25) is 5.91 Å². The zero-order chi connectivity index (χ0) is 19.2. The number of amides is 1. The fraction of sp³-hybridized carbons (Fsp3) is 0.300. The summed E-state index contributed by atoms with van der Waals surface area (Å²) in [5.41, 5.74) is 2.76. The first-order chi connectivity index (χ1) is 13.8. The number of hydrogen-bond acceptors (Lipinski definition) is 6. The van der Waals surface area contributed by atoms with E-state index < -0.39 is 0 Å². The van der Waals surface area contributed by atoms with Gasteiger partial charge in [-0.1, -0.05) is 23.9 Å². The predicted molar refractivity (Wildman–Crippen MR) is 107 cm³/mol. The lowest BCUT2D eigenvalue weighted by Gasteiger charge is -2.10. The van der Waals surface area contributed by atoms with Crippen LogP contribution in [-0.2, 0) is 9.53 Å². The number of ether oxygens (including phenoxy) is 1. The minimum absolute atomic E-state index is 0.0133. The third kappa shape index (κ3) is 4.76. The Morgan fingerprint density at radius 3 is 2.79 bits per heavy atom. The average Bonchev–Trinajstić information content (AvgIpc) is 3.45. The molecule has 3 heterocycles. The molecular weight excluding hydrogens is 374 g/mol. The van der Waals surface area contributed by atoms with Crippen molar-refractivity contribution in [1.82, 2.24) is 25.3 Å². The Hall–Kier alpha value is -2.71. The normalized spacial score (nSPS) is 16.2. The summed E-state index contributed by atoms with van der Waals surface area (Å²) in [4.78, 5) is 11.9. The number of aromatic nitrogens is 4. The van der Waals surface area contributed by atoms with Crippen molar-refractivity contribution in [3.8, 4) is 16.9 Å². The van der Waals surface area contributed by atoms with Crippen molar-refractivity contribution in [3.05, 3.63) is 54.9 Å². The summed E-state index contributed by atoms with van der Waals surface area (Å²) in [7, 11) is 0. The molecule has 4 rings (SSSR count). The number of hydrogen-bond donors (Lipinski definition) is 1. The van der Waals surface area contributed by atoms with E-state index in [1.54, 1.807) is 10.9 Å². The molecule has 8 heteroatoms. The van der Waals surface area contributed by atoms with E-state index in [9.17, 15) is 4.79 Å². The van der Waals surface area contributed by atoms with Gasteiger partial charge in [0, 0.05) is 31.1 Å². The van der Waals surface area contributed by atoms with Gasteiger partial charge in [-0.3, -0.25) is 4.79 Å². The van der Waals surface area contributed by atoms with Crippen LogP contribution in [0.15, 0.2) is 59.9 Å². The molecule has 0 radical (unpaired) electrons. The molecule has 144 valence electrons. The van der Waals surface area contributed by atoms with Crippen molar-refractivity contribution in [1.29, 1.82) is 0 Å². The van der Waals surface area contributed by atoms with Crippen LogP contribution in [0.5, 0.6) is 0 Å². The topological polar surface area (TPSA) is 81.9 Å². The van der Waals surface area contributed by atoms with Gasteiger partial charge in [-0.15, -0.1) is 10.2 Å². The molecule has 0 saturated carbocycles. The zero-order valence-electron chi connectivity index (χ0n) is 15.3. The first-order valence-electron chi connectivity index (χ1n) is 9.23. The van der Waals surface area contributed by atoms with Crippen LogP contribution in [0.4, 0.5) is 0 Å². The highest BCUT2D eigenvalue weighted by molar-refractivity contribution is 7.99. The fourth-order valence-corrected chi connectivity index (χ4v) is 3.62. The van der Waals surface area contributed by atoms with E-state index in [0.717, 1.165) is 41.4 Å². The maximum atomic E-state index is 11.9. The number of carbonyl (C=O) groups excluding carboxylic acids is 1. The quantitative estimate of drug-likeness (QED) is 0.620. The number of carbonyl (C=O) groups is 1. The molecule has 1 fully saturated rings. The molecular formula is C20H21N5O2S. The number of thioether (sulfide) groups is 1. The molecule has 1 aliphatic heterocycles. The monoisotopic (exact) mass is 395 g/mol. The molecule has 1 amide bonds. The van der Waals surface area contributed by atoms with E-state index in [2.05, 4.69) is 20.6 Å². The van der Waals surface area contributed by atoms with E-state index in [0.29, 0.717) is 12.3 Å². The first-order valence-corrected chi connectivity index (χ1v) is 10.2. The Kier molecular flexibility index (Phi) is 5.98. The van der Waals surface area contributed by atoms with Crippen molar-refractivity contribution in [3.63, 3.8) is 0 Å². The lowest BCUT2D eigenvalue weighted by atomic mass is 10.1. The van der Waals surface area contributed by atoms with Crippen LogP contribution in [0.1, 0.15) is 12.8 Å². The Morgan fingerprint density at radius 1 is 1.21 bits per heavy atom. The second kappa shape index (κ2) is 8.99. The highest BCUT2D eigenvalue weighted by Gasteiger charge is 2.16. The lowest BCUT2D eigenvalue weighted by Crippen LogP contribution is -2.32. The third-order valence-electron chi connectivity index (χ3n) is 4.47. The number of benzene rings is 1. The summed E-state index contributed by atoms with van der Waals surface area (Å²) in [6, 6.07) is 13.7. The standard InChI is InChI=1S/C20H21N5O2S/c26-19(21-13-17-3-1-12-27-17)14-28-20-9-8-18(23-24-20)15-4-6-16(7-5-15)25-11-2-10-22-25/h2,4-11,17H,1,3,12-14H2,(H,21,26)/t17-/m0/s1. The number of rotatable bonds is 7. The van der Waals surface area contributed by atoms with Gasteiger partial charge in [0.15, 0.2) is 0 Å². The van der Waals surface area contributed by atoms with Crippen molar-refractivity contribution < 1.29 is 9.53 Å². The van der Waals surface area contributed by atoms with Crippen LogP contribution in [0.3, 0.4) is 0 Å². The highest BCUT2D eigenvalue weighted by Crippen LogP contribution is 2.21. The molecule has 1 aliphatic rings. The van der Waals surface area contributed by atoms with Gasteiger partial charge in [0.25, 0.3) is 0 Å². The number of nitrogens with one attached hydrogen (secondary N) is 1. The summed E-state index contributed by atoms with van der Waals surface area (Å²) in [6.45, 7) is 1.38. The molecule has 2 aromatic heterocycles. The molecule has 0 unspecified atom stereocenters. The SMILES string of the molecule is O=C(CSc1ccc(-c2ccc(-n3cccn3)cc2)nn1)NC[C@@H]1CCCO1. The van der Waals surface area contributed by atoms with Crippen molar-refractivity contribution in [2.24, 2.45) is 0 Å². The Labute approximate surface area is 167 Å². The largest absolute Gasteiger partial charge is 0.376 e. The summed E-state index contributed by atoms with van der Waals surface area (Å²) in [5, 5.41) is 16.4. The molecule has 1 atom stereocenters. The lowest BCUT2D eigenvalue weighted by molar-refractivity contribution is -0.119. The van der Waals surface area contributed by atoms with Gasteiger partial charge in [-0.2, -0.15) is 5.10 Å². The van der Waals surface area contributed by atoms with E-state index >= 15 is 0 Å². The van der Waals surface area contributed by atoms with Crippen LogP contribution < -0.4 is 5.32 Å². The first kappa shape index (κ1) is 18.6. The van der Waals surface area contributed by atoms with E-state index in [1.165, 1.54) is 11.8 Å². The zero-order valence-corrected chi connectivity index (χ0v) is 16.1. The molecule has 3 aromatic rings. The second-order valence-electron chi connectivity index (χ2n) is 6.48. The van der Waals surface area contributed by atoms with Gasteiger partial charge in [0.05, 0.1) is 23.2 Å². The molecule has 0 bridgehead atoms. The van der Waals surface area contributed by atoms with Crippen LogP contribution in [0, 0.1) is 0 Å². The van der Waals surface area contributed by atoms with Crippen LogP contribution in [-0.4, -0.2) is 50.9 Å².